The van der Waals surface area contributed by atoms with Gasteiger partial charge in [-0.2, -0.15) is 0 Å². The first-order chi connectivity index (χ1) is 19.1. The molecule has 1 fully saturated rings. The van der Waals surface area contributed by atoms with Crippen LogP contribution in [-0.2, 0) is 0 Å². The molecule has 4 heterocycles. The van der Waals surface area contributed by atoms with E-state index in [0.29, 0.717) is 35.5 Å². The van der Waals surface area contributed by atoms with Crippen molar-refractivity contribution < 1.29 is 9.53 Å². The zero-order valence-corrected chi connectivity index (χ0v) is 21.4. The Hall–Kier alpha value is -4.92. The lowest BCUT2D eigenvalue weighted by Crippen LogP contribution is -2.15. The van der Waals surface area contributed by atoms with Gasteiger partial charge < -0.3 is 14.6 Å². The standard InChI is InChI=1S/C30H27N7O2/c1-20(18-39-27-6-3-10-31-17-27)37-19-34-36-29(37)23-4-2-5-26(13-23)35-30(38)28-14-22(9-11-33-28)25-12-24(15-32-16-25)21-7-8-21/h2-6,9-17,19-21H,7-8,18H2,1H3,(H,35,38). The maximum absolute atomic E-state index is 13.1. The summed E-state index contributed by atoms with van der Waals surface area (Å²) in [5.74, 6) is 1.70. The van der Waals surface area contributed by atoms with Crippen LogP contribution >= 0.6 is 0 Å². The molecule has 9 heteroatoms. The number of hydrogen-bond acceptors (Lipinski definition) is 7. The Morgan fingerprint density at radius 3 is 2.77 bits per heavy atom. The Labute approximate surface area is 226 Å². The molecule has 1 unspecified atom stereocenters. The quantitative estimate of drug-likeness (QED) is 0.272. The highest BCUT2D eigenvalue weighted by molar-refractivity contribution is 6.03. The minimum Gasteiger partial charge on any atom is -0.490 e. The Kier molecular flexibility index (Phi) is 6.78. The second-order valence-corrected chi connectivity index (χ2v) is 9.66. The number of rotatable bonds is 9. The predicted octanol–water partition coefficient (Wildman–Crippen LogP) is 5.57. The van der Waals surface area contributed by atoms with E-state index in [1.54, 1.807) is 31.0 Å². The van der Waals surface area contributed by atoms with Crippen LogP contribution in [0.4, 0.5) is 5.69 Å². The van der Waals surface area contributed by atoms with E-state index in [2.05, 4.69) is 36.5 Å². The van der Waals surface area contributed by atoms with E-state index in [9.17, 15) is 4.79 Å². The van der Waals surface area contributed by atoms with E-state index in [1.165, 1.54) is 18.4 Å². The van der Waals surface area contributed by atoms with Gasteiger partial charge in [-0.3, -0.25) is 19.7 Å². The summed E-state index contributed by atoms with van der Waals surface area (Å²) >= 11 is 0. The van der Waals surface area contributed by atoms with Crippen molar-refractivity contribution in [1.82, 2.24) is 29.7 Å². The Balaban J connectivity index is 1.17. The van der Waals surface area contributed by atoms with Gasteiger partial charge in [-0.05, 0) is 79.3 Å². The maximum Gasteiger partial charge on any atom is 0.274 e. The van der Waals surface area contributed by atoms with Crippen LogP contribution in [0.2, 0.25) is 0 Å². The van der Waals surface area contributed by atoms with Crippen molar-refractivity contribution in [3.63, 3.8) is 0 Å². The van der Waals surface area contributed by atoms with Crippen molar-refractivity contribution in [2.24, 2.45) is 0 Å². The van der Waals surface area contributed by atoms with Crippen molar-refractivity contribution in [2.75, 3.05) is 11.9 Å². The summed E-state index contributed by atoms with van der Waals surface area (Å²) in [6.45, 7) is 2.46. The summed E-state index contributed by atoms with van der Waals surface area (Å²) in [6.07, 6.45) is 12.9. The van der Waals surface area contributed by atoms with Gasteiger partial charge in [-0.25, -0.2) is 0 Å². The first-order valence-electron chi connectivity index (χ1n) is 12.9. The molecule has 1 saturated carbocycles. The lowest BCUT2D eigenvalue weighted by Gasteiger charge is -2.16. The number of nitrogens with zero attached hydrogens (tertiary/aromatic N) is 6. The number of aromatic nitrogens is 6. The van der Waals surface area contributed by atoms with Crippen molar-refractivity contribution in [3.8, 4) is 28.3 Å². The van der Waals surface area contributed by atoms with Gasteiger partial charge >= 0.3 is 0 Å². The first kappa shape index (κ1) is 24.4. The van der Waals surface area contributed by atoms with Crippen LogP contribution in [0, 0.1) is 0 Å². The summed E-state index contributed by atoms with van der Waals surface area (Å²) in [5.41, 5.74) is 4.93. The maximum atomic E-state index is 13.1. The molecule has 1 aromatic carbocycles. The SMILES string of the molecule is CC(COc1cccnc1)n1cnnc1-c1cccc(NC(=O)c2cc(-c3cncc(C4CC4)c3)ccn2)c1. The van der Waals surface area contributed by atoms with Crippen molar-refractivity contribution in [1.29, 1.82) is 0 Å². The highest BCUT2D eigenvalue weighted by Gasteiger charge is 2.24. The van der Waals surface area contributed by atoms with E-state index in [-0.39, 0.29) is 11.9 Å². The van der Waals surface area contributed by atoms with Crippen LogP contribution in [0.1, 0.15) is 47.8 Å². The Morgan fingerprint density at radius 1 is 1.00 bits per heavy atom. The molecule has 1 aliphatic rings. The predicted molar refractivity (Wildman–Crippen MR) is 147 cm³/mol. The molecule has 1 N–H and O–H groups in total. The summed E-state index contributed by atoms with van der Waals surface area (Å²) in [7, 11) is 0. The van der Waals surface area contributed by atoms with Crippen LogP contribution < -0.4 is 10.1 Å². The third-order valence-corrected chi connectivity index (χ3v) is 6.69. The molecule has 0 spiro atoms. The van der Waals surface area contributed by atoms with Crippen LogP contribution in [0.25, 0.3) is 22.5 Å². The molecule has 0 aliphatic heterocycles. The smallest absolute Gasteiger partial charge is 0.274 e. The fraction of sp³-hybridized carbons (Fsp3) is 0.200. The van der Waals surface area contributed by atoms with Crippen molar-refractivity contribution >= 4 is 11.6 Å². The minimum absolute atomic E-state index is 0.0340. The third kappa shape index (κ3) is 5.67. The summed E-state index contributed by atoms with van der Waals surface area (Å²) < 4.78 is 7.81. The summed E-state index contributed by atoms with van der Waals surface area (Å²) in [5, 5.41) is 11.4. The fourth-order valence-electron chi connectivity index (χ4n) is 4.42. The first-order valence-corrected chi connectivity index (χ1v) is 12.9. The van der Waals surface area contributed by atoms with Gasteiger partial charge in [0.1, 0.15) is 24.4 Å². The van der Waals surface area contributed by atoms with Crippen molar-refractivity contribution in [2.45, 2.75) is 31.7 Å². The number of amides is 1. The molecule has 6 rings (SSSR count). The van der Waals surface area contributed by atoms with Gasteiger partial charge in [-0.15, -0.1) is 10.2 Å². The van der Waals surface area contributed by atoms with Gasteiger partial charge in [0.05, 0.1) is 12.2 Å². The molecule has 1 atom stereocenters. The molecule has 0 saturated heterocycles. The number of carbonyl (C=O) groups is 1. The third-order valence-electron chi connectivity index (χ3n) is 6.69. The van der Waals surface area contributed by atoms with Crippen LogP contribution in [-0.4, -0.2) is 42.2 Å². The van der Waals surface area contributed by atoms with E-state index in [4.69, 9.17) is 4.74 Å². The molecule has 0 bridgehead atoms. The van der Waals surface area contributed by atoms with E-state index in [1.807, 2.05) is 66.3 Å². The zero-order chi connectivity index (χ0) is 26.6. The second kappa shape index (κ2) is 10.8. The average Bonchev–Trinajstić information content (AvgIpc) is 3.72. The number of anilines is 1. The summed E-state index contributed by atoms with van der Waals surface area (Å²) in [4.78, 5) is 25.9. The molecule has 0 radical (unpaired) electrons. The molecule has 1 amide bonds. The van der Waals surface area contributed by atoms with Crippen LogP contribution in [0.5, 0.6) is 5.75 Å². The lowest BCUT2D eigenvalue weighted by molar-refractivity contribution is 0.102. The van der Waals surface area contributed by atoms with E-state index >= 15 is 0 Å². The Bertz CT molecular complexity index is 1600. The zero-order valence-electron chi connectivity index (χ0n) is 21.4. The molecule has 5 aromatic rings. The number of hydrogen-bond donors (Lipinski definition) is 1. The van der Waals surface area contributed by atoms with Crippen LogP contribution in [0.15, 0.2) is 91.9 Å². The van der Waals surface area contributed by atoms with Gasteiger partial charge in [0.25, 0.3) is 5.91 Å². The molecule has 39 heavy (non-hydrogen) atoms. The van der Waals surface area contributed by atoms with Gasteiger partial charge in [0.15, 0.2) is 5.82 Å². The fourth-order valence-corrected chi connectivity index (χ4v) is 4.42. The van der Waals surface area contributed by atoms with E-state index < -0.39 is 0 Å². The highest BCUT2D eigenvalue weighted by atomic mass is 16.5. The number of benzene rings is 1. The molecular formula is C30H27N7O2. The average molecular weight is 518 g/mol. The Morgan fingerprint density at radius 2 is 1.92 bits per heavy atom. The van der Waals surface area contributed by atoms with Gasteiger partial charge in [0.2, 0.25) is 0 Å². The van der Waals surface area contributed by atoms with E-state index in [0.717, 1.165) is 16.7 Å². The molecule has 9 nitrogen and oxygen atoms in total. The lowest BCUT2D eigenvalue weighted by atomic mass is 10.0. The largest absolute Gasteiger partial charge is 0.490 e. The second-order valence-electron chi connectivity index (χ2n) is 9.66. The van der Waals surface area contributed by atoms with Gasteiger partial charge in [0, 0.05) is 41.6 Å². The molecule has 1 aliphatic carbocycles. The van der Waals surface area contributed by atoms with Crippen LogP contribution in [0.3, 0.4) is 0 Å². The minimum atomic E-state index is -0.292. The number of nitrogens with one attached hydrogen (secondary N) is 1. The molecule has 4 aromatic heterocycles. The van der Waals surface area contributed by atoms with Gasteiger partial charge in [-0.1, -0.05) is 12.1 Å². The summed E-state index contributed by atoms with van der Waals surface area (Å²) in [6, 6.07) is 17.0. The monoisotopic (exact) mass is 517 g/mol. The normalized spacial score (nSPS) is 13.6. The number of ether oxygens (including phenoxy) is 1. The number of carbonyl (C=O) groups excluding carboxylic acids is 1. The molecule has 194 valence electrons. The highest BCUT2D eigenvalue weighted by Crippen LogP contribution is 2.40. The topological polar surface area (TPSA) is 108 Å². The number of pyridine rings is 3. The molecular weight excluding hydrogens is 490 g/mol. The van der Waals surface area contributed by atoms with Crippen molar-refractivity contribution in [3.05, 3.63) is 103 Å².